The first kappa shape index (κ1) is 13.7. The van der Waals surface area contributed by atoms with Crippen LogP contribution in [0, 0.1) is 0 Å². The minimum atomic E-state index is 0.606. The Balaban J connectivity index is 1.63. The molecule has 1 N–H and O–H groups in total. The maximum Gasteiger partial charge on any atom is 0.177 e. The Bertz CT molecular complexity index is 824. The van der Waals surface area contributed by atoms with Crippen molar-refractivity contribution in [3.63, 3.8) is 0 Å². The van der Waals surface area contributed by atoms with Crippen molar-refractivity contribution < 1.29 is 4.74 Å². The number of hydrogen-bond donors (Lipinski definition) is 1. The van der Waals surface area contributed by atoms with Crippen molar-refractivity contribution in [3.05, 3.63) is 54.4 Å². The van der Waals surface area contributed by atoms with Crippen LogP contribution in [0.5, 0.6) is 5.75 Å². The van der Waals surface area contributed by atoms with Gasteiger partial charge in [0.1, 0.15) is 12.1 Å². The molecule has 0 amide bonds. The third-order valence-corrected chi connectivity index (χ3v) is 2.92. The lowest BCUT2D eigenvalue weighted by Gasteiger charge is -2.02. The lowest BCUT2D eigenvalue weighted by Crippen LogP contribution is -1.97. The van der Waals surface area contributed by atoms with Crippen molar-refractivity contribution in [1.82, 2.24) is 19.8 Å². The Hall–Kier alpha value is -3.22. The first-order valence-electron chi connectivity index (χ1n) is 6.62. The molecule has 0 bridgehead atoms. The fraction of sp³-hybridized carbons (Fsp3) is 0.0667. The summed E-state index contributed by atoms with van der Waals surface area (Å²) in [5.74, 6) is 1.43. The quantitative estimate of drug-likeness (QED) is 0.577. The fourth-order valence-electron chi connectivity index (χ4n) is 1.89. The largest absolute Gasteiger partial charge is 0.496 e. The van der Waals surface area contributed by atoms with E-state index in [-0.39, 0.29) is 0 Å². The Morgan fingerprint density at radius 2 is 2.14 bits per heavy atom. The van der Waals surface area contributed by atoms with Crippen molar-refractivity contribution in [2.45, 2.75) is 0 Å². The van der Waals surface area contributed by atoms with E-state index in [1.165, 1.54) is 6.33 Å². The van der Waals surface area contributed by atoms with Gasteiger partial charge in [0.25, 0.3) is 0 Å². The van der Waals surface area contributed by atoms with E-state index in [1.807, 2.05) is 42.5 Å². The maximum absolute atomic E-state index is 5.27. The van der Waals surface area contributed by atoms with Gasteiger partial charge in [0.05, 0.1) is 7.11 Å². The van der Waals surface area contributed by atoms with Crippen LogP contribution in [0.2, 0.25) is 0 Å². The van der Waals surface area contributed by atoms with Gasteiger partial charge in [0.2, 0.25) is 0 Å². The highest BCUT2D eigenvalue weighted by Gasteiger charge is 1.97. The van der Waals surface area contributed by atoms with Crippen LogP contribution in [-0.2, 0) is 0 Å². The summed E-state index contributed by atoms with van der Waals surface area (Å²) in [5, 5.41) is 16.0. The van der Waals surface area contributed by atoms with E-state index in [1.54, 1.807) is 23.9 Å². The molecule has 7 heteroatoms. The highest BCUT2D eigenvalue weighted by molar-refractivity contribution is 5.79. The van der Waals surface area contributed by atoms with E-state index in [0.717, 1.165) is 11.3 Å². The molecular formula is C15H14N6O. The minimum absolute atomic E-state index is 0.606. The van der Waals surface area contributed by atoms with Gasteiger partial charge in [-0.15, -0.1) is 15.3 Å². The van der Waals surface area contributed by atoms with E-state index < -0.39 is 0 Å². The van der Waals surface area contributed by atoms with Gasteiger partial charge in [-0.2, -0.15) is 9.62 Å². The number of ether oxygens (including phenoxy) is 1. The zero-order valence-corrected chi connectivity index (χ0v) is 11.9. The molecule has 0 spiro atoms. The molecule has 2 heterocycles. The van der Waals surface area contributed by atoms with Crippen molar-refractivity contribution in [1.29, 1.82) is 0 Å². The Kier molecular flexibility index (Phi) is 4.05. The second kappa shape index (κ2) is 6.49. The third-order valence-electron chi connectivity index (χ3n) is 2.92. The number of benzene rings is 1. The summed E-state index contributed by atoms with van der Waals surface area (Å²) in [7, 11) is 1.65. The van der Waals surface area contributed by atoms with Crippen molar-refractivity contribution in [2.24, 2.45) is 5.10 Å². The summed E-state index contributed by atoms with van der Waals surface area (Å²) in [6, 6.07) is 11.4. The molecule has 0 aliphatic heterocycles. The van der Waals surface area contributed by atoms with Crippen LogP contribution in [-0.4, -0.2) is 33.1 Å². The topological polar surface area (TPSA) is 76.7 Å². The molecule has 3 rings (SSSR count). The molecule has 7 nitrogen and oxygen atoms in total. The van der Waals surface area contributed by atoms with Crippen molar-refractivity contribution in [3.8, 4) is 5.75 Å². The molecule has 0 atom stereocenters. The summed E-state index contributed by atoms with van der Waals surface area (Å²) in [4.78, 5) is 0. The number of anilines is 1. The minimum Gasteiger partial charge on any atom is -0.496 e. The highest BCUT2D eigenvalue weighted by atomic mass is 16.5. The number of hydrogen-bond acceptors (Lipinski definition) is 6. The van der Waals surface area contributed by atoms with Gasteiger partial charge in [-0.25, -0.2) is 0 Å². The lowest BCUT2D eigenvalue weighted by atomic mass is 10.2. The number of fused-ring (bicyclic) bond motifs is 1. The maximum atomic E-state index is 5.27. The molecule has 0 fully saturated rings. The standard InChI is InChI=1S/C15H14N6O/c1-22-13-7-3-2-5-12(13)6-4-10-16-18-14-8-9-15-19-17-11-21(15)20-14/h2-11H,1H3,(H,18,20)/b6-4+,16-10+. The van der Waals surface area contributed by atoms with E-state index in [9.17, 15) is 0 Å². The summed E-state index contributed by atoms with van der Waals surface area (Å²) >= 11 is 0. The fourth-order valence-corrected chi connectivity index (χ4v) is 1.89. The number of allylic oxidation sites excluding steroid dienone is 1. The van der Waals surface area contributed by atoms with E-state index in [2.05, 4.69) is 25.8 Å². The molecule has 22 heavy (non-hydrogen) atoms. The first-order chi connectivity index (χ1) is 10.9. The molecule has 0 saturated carbocycles. The smallest absolute Gasteiger partial charge is 0.177 e. The van der Waals surface area contributed by atoms with Crippen LogP contribution in [0.1, 0.15) is 5.56 Å². The second-order valence-electron chi connectivity index (χ2n) is 4.34. The molecule has 1 aromatic carbocycles. The molecule has 0 unspecified atom stereocenters. The number of rotatable bonds is 5. The van der Waals surface area contributed by atoms with Crippen LogP contribution < -0.4 is 10.2 Å². The zero-order chi connectivity index (χ0) is 15.2. The lowest BCUT2D eigenvalue weighted by molar-refractivity contribution is 0.414. The van der Waals surface area contributed by atoms with Crippen LogP contribution in [0.15, 0.2) is 53.9 Å². The third kappa shape index (κ3) is 3.09. The summed E-state index contributed by atoms with van der Waals surface area (Å²) in [5.41, 5.74) is 4.51. The van der Waals surface area contributed by atoms with Crippen LogP contribution >= 0.6 is 0 Å². The van der Waals surface area contributed by atoms with Crippen LogP contribution in [0.4, 0.5) is 5.82 Å². The average molecular weight is 294 g/mol. The first-order valence-corrected chi connectivity index (χ1v) is 6.62. The molecular weight excluding hydrogens is 280 g/mol. The second-order valence-corrected chi connectivity index (χ2v) is 4.34. The molecule has 110 valence electrons. The molecule has 0 aliphatic rings. The number of methoxy groups -OCH3 is 1. The number of aromatic nitrogens is 4. The van der Waals surface area contributed by atoms with E-state index >= 15 is 0 Å². The van der Waals surface area contributed by atoms with Gasteiger partial charge < -0.3 is 4.74 Å². The van der Waals surface area contributed by atoms with Crippen LogP contribution in [0.3, 0.4) is 0 Å². The van der Waals surface area contributed by atoms with Gasteiger partial charge in [-0.05, 0) is 30.4 Å². The molecule has 0 radical (unpaired) electrons. The van der Waals surface area contributed by atoms with E-state index in [0.29, 0.717) is 11.5 Å². The highest BCUT2D eigenvalue weighted by Crippen LogP contribution is 2.18. The Labute approximate surface area is 127 Å². The molecule has 0 saturated heterocycles. The molecule has 0 aliphatic carbocycles. The van der Waals surface area contributed by atoms with Gasteiger partial charge in [-0.1, -0.05) is 18.2 Å². The summed E-state index contributed by atoms with van der Waals surface area (Å²) < 4.78 is 6.84. The predicted molar refractivity (Wildman–Crippen MR) is 84.9 cm³/mol. The van der Waals surface area contributed by atoms with E-state index in [4.69, 9.17) is 4.74 Å². The van der Waals surface area contributed by atoms with Crippen LogP contribution in [0.25, 0.3) is 11.7 Å². The van der Waals surface area contributed by atoms with Crippen molar-refractivity contribution >= 4 is 23.8 Å². The van der Waals surface area contributed by atoms with Gasteiger partial charge >= 0.3 is 0 Å². The normalized spacial score (nSPS) is 11.5. The SMILES string of the molecule is COc1ccccc1/C=C/C=N/Nc1ccc2nncn2n1. The number of para-hydroxylation sites is 1. The summed E-state index contributed by atoms with van der Waals surface area (Å²) in [6.45, 7) is 0. The average Bonchev–Trinajstić information content (AvgIpc) is 3.02. The number of hydrazone groups is 1. The Morgan fingerprint density at radius 3 is 3.05 bits per heavy atom. The Morgan fingerprint density at radius 1 is 1.23 bits per heavy atom. The number of nitrogens with zero attached hydrogens (tertiary/aromatic N) is 5. The van der Waals surface area contributed by atoms with Crippen molar-refractivity contribution in [2.75, 3.05) is 12.5 Å². The van der Waals surface area contributed by atoms with Gasteiger partial charge in [0.15, 0.2) is 11.5 Å². The van der Waals surface area contributed by atoms with Gasteiger partial charge in [0, 0.05) is 11.8 Å². The van der Waals surface area contributed by atoms with Gasteiger partial charge in [-0.3, -0.25) is 5.43 Å². The summed E-state index contributed by atoms with van der Waals surface area (Å²) in [6.07, 6.45) is 6.92. The molecule has 2 aromatic heterocycles. The monoisotopic (exact) mass is 294 g/mol. The number of nitrogens with one attached hydrogen (secondary N) is 1. The predicted octanol–water partition coefficient (Wildman–Crippen LogP) is 2.24. The zero-order valence-electron chi connectivity index (χ0n) is 11.9. The molecule has 3 aromatic rings.